The molecule has 1 saturated heterocycles. The normalized spacial score (nSPS) is 30.7. The Morgan fingerprint density at radius 3 is 2.80 bits per heavy atom. The SMILES string of the molecule is Cc1ccoc1C(=O)N1CCC[C@@H]1[C@@H]1CCCC[C@H]1O. The molecule has 3 atom stereocenters. The second kappa shape index (κ2) is 5.60. The largest absolute Gasteiger partial charge is 0.459 e. The first-order valence-electron chi connectivity index (χ1n) is 7.71. The fourth-order valence-corrected chi connectivity index (χ4v) is 3.80. The van der Waals surface area contributed by atoms with Crippen LogP contribution in [0.3, 0.4) is 0 Å². The summed E-state index contributed by atoms with van der Waals surface area (Å²) in [5, 5.41) is 10.3. The van der Waals surface area contributed by atoms with E-state index in [1.54, 1.807) is 6.26 Å². The molecule has 0 spiro atoms. The Labute approximate surface area is 119 Å². The van der Waals surface area contributed by atoms with Crippen LogP contribution in [0.15, 0.2) is 16.7 Å². The highest BCUT2D eigenvalue weighted by atomic mass is 16.3. The minimum Gasteiger partial charge on any atom is -0.459 e. The summed E-state index contributed by atoms with van der Waals surface area (Å²) in [6, 6.07) is 2.01. The maximum atomic E-state index is 12.6. The Morgan fingerprint density at radius 2 is 2.10 bits per heavy atom. The van der Waals surface area contributed by atoms with E-state index in [2.05, 4.69) is 0 Å². The number of hydrogen-bond donors (Lipinski definition) is 1. The molecule has 1 aromatic heterocycles. The number of aliphatic hydroxyl groups is 1. The Balaban J connectivity index is 1.78. The van der Waals surface area contributed by atoms with Crippen LogP contribution in [0.25, 0.3) is 0 Å². The van der Waals surface area contributed by atoms with Gasteiger partial charge in [-0.05, 0) is 38.7 Å². The van der Waals surface area contributed by atoms with Gasteiger partial charge in [-0.15, -0.1) is 0 Å². The molecule has 0 bridgehead atoms. The lowest BCUT2D eigenvalue weighted by Gasteiger charge is -2.37. The maximum Gasteiger partial charge on any atom is 0.290 e. The number of carbonyl (C=O) groups is 1. The molecule has 3 rings (SSSR count). The van der Waals surface area contributed by atoms with Gasteiger partial charge in [-0.3, -0.25) is 4.79 Å². The fraction of sp³-hybridized carbons (Fsp3) is 0.688. The summed E-state index contributed by atoms with van der Waals surface area (Å²) >= 11 is 0. The number of likely N-dealkylation sites (tertiary alicyclic amines) is 1. The van der Waals surface area contributed by atoms with Crippen LogP contribution in [0.2, 0.25) is 0 Å². The van der Waals surface area contributed by atoms with Crippen LogP contribution >= 0.6 is 0 Å². The molecule has 2 fully saturated rings. The average Bonchev–Trinajstić information content (AvgIpc) is 3.07. The van der Waals surface area contributed by atoms with Crippen LogP contribution in [0.1, 0.15) is 54.6 Å². The molecular formula is C16H23NO3. The van der Waals surface area contributed by atoms with Gasteiger partial charge in [0.2, 0.25) is 0 Å². The molecule has 1 aliphatic carbocycles. The highest BCUT2D eigenvalue weighted by Crippen LogP contribution is 2.35. The van der Waals surface area contributed by atoms with E-state index in [-0.39, 0.29) is 24.0 Å². The topological polar surface area (TPSA) is 53.7 Å². The van der Waals surface area contributed by atoms with Gasteiger partial charge in [-0.1, -0.05) is 12.8 Å². The van der Waals surface area contributed by atoms with Crippen molar-refractivity contribution < 1.29 is 14.3 Å². The Bertz CT molecular complexity index is 482. The lowest BCUT2D eigenvalue weighted by atomic mass is 9.80. The quantitative estimate of drug-likeness (QED) is 0.904. The summed E-state index contributed by atoms with van der Waals surface area (Å²) in [6.45, 7) is 2.68. The number of furan rings is 1. The molecule has 4 nitrogen and oxygen atoms in total. The van der Waals surface area contributed by atoms with E-state index < -0.39 is 0 Å². The third-order valence-electron chi connectivity index (χ3n) is 4.89. The molecular weight excluding hydrogens is 254 g/mol. The summed E-state index contributed by atoms with van der Waals surface area (Å²) in [5.41, 5.74) is 0.893. The van der Waals surface area contributed by atoms with Gasteiger partial charge in [-0.25, -0.2) is 0 Å². The van der Waals surface area contributed by atoms with Crippen LogP contribution in [-0.4, -0.2) is 34.6 Å². The lowest BCUT2D eigenvalue weighted by Crippen LogP contribution is -2.45. The van der Waals surface area contributed by atoms with Crippen molar-refractivity contribution in [2.75, 3.05) is 6.54 Å². The number of carbonyl (C=O) groups excluding carboxylic acids is 1. The van der Waals surface area contributed by atoms with Gasteiger partial charge in [0.15, 0.2) is 5.76 Å². The van der Waals surface area contributed by atoms with Crippen molar-refractivity contribution in [1.29, 1.82) is 0 Å². The minimum absolute atomic E-state index is 0.00669. The Kier molecular flexibility index (Phi) is 3.83. The smallest absolute Gasteiger partial charge is 0.290 e. The first-order chi connectivity index (χ1) is 9.68. The van der Waals surface area contributed by atoms with Crippen LogP contribution in [0.4, 0.5) is 0 Å². The summed E-state index contributed by atoms with van der Waals surface area (Å²) in [7, 11) is 0. The highest BCUT2D eigenvalue weighted by Gasteiger charge is 2.40. The molecule has 110 valence electrons. The molecule has 2 heterocycles. The van der Waals surface area contributed by atoms with E-state index in [9.17, 15) is 9.90 Å². The second-order valence-electron chi connectivity index (χ2n) is 6.16. The van der Waals surface area contributed by atoms with Crippen molar-refractivity contribution in [3.05, 3.63) is 23.7 Å². The van der Waals surface area contributed by atoms with Crippen molar-refractivity contribution in [3.63, 3.8) is 0 Å². The monoisotopic (exact) mass is 277 g/mol. The molecule has 4 heteroatoms. The van der Waals surface area contributed by atoms with Crippen molar-refractivity contribution >= 4 is 5.91 Å². The number of nitrogens with zero attached hydrogens (tertiary/aromatic N) is 1. The standard InChI is InChI=1S/C16H23NO3/c1-11-8-10-20-15(11)16(19)17-9-4-6-13(17)12-5-2-3-7-14(12)18/h8,10,12-14,18H,2-7,9H2,1H3/t12-,13+,14+/m0/s1. The van der Waals surface area contributed by atoms with Gasteiger partial charge < -0.3 is 14.4 Å². The predicted octanol–water partition coefficient (Wildman–Crippen LogP) is 2.74. The fourth-order valence-electron chi connectivity index (χ4n) is 3.80. The number of amides is 1. The van der Waals surface area contributed by atoms with Crippen molar-refractivity contribution in [2.24, 2.45) is 5.92 Å². The third-order valence-corrected chi connectivity index (χ3v) is 4.89. The molecule has 0 radical (unpaired) electrons. The zero-order valence-electron chi connectivity index (χ0n) is 12.0. The molecule has 1 aliphatic heterocycles. The molecule has 1 N–H and O–H groups in total. The van der Waals surface area contributed by atoms with Crippen LogP contribution in [-0.2, 0) is 0 Å². The van der Waals surface area contributed by atoms with E-state index in [4.69, 9.17) is 4.42 Å². The summed E-state index contributed by atoms with van der Waals surface area (Å²) in [4.78, 5) is 14.6. The Morgan fingerprint density at radius 1 is 1.30 bits per heavy atom. The lowest BCUT2D eigenvalue weighted by molar-refractivity contribution is 0.0199. The van der Waals surface area contributed by atoms with Crippen molar-refractivity contribution in [3.8, 4) is 0 Å². The van der Waals surface area contributed by atoms with Crippen LogP contribution in [0.5, 0.6) is 0 Å². The molecule has 0 unspecified atom stereocenters. The van der Waals surface area contributed by atoms with E-state index in [1.165, 1.54) is 6.42 Å². The predicted molar refractivity (Wildman–Crippen MR) is 75.5 cm³/mol. The average molecular weight is 277 g/mol. The van der Waals surface area contributed by atoms with Gasteiger partial charge in [0.05, 0.1) is 12.4 Å². The number of rotatable bonds is 2. The van der Waals surface area contributed by atoms with Crippen LogP contribution in [0, 0.1) is 12.8 Å². The third kappa shape index (κ3) is 2.37. The van der Waals surface area contributed by atoms with E-state index in [1.807, 2.05) is 17.9 Å². The molecule has 2 aliphatic rings. The minimum atomic E-state index is -0.250. The summed E-state index contributed by atoms with van der Waals surface area (Å²) in [5.74, 6) is 0.695. The zero-order chi connectivity index (χ0) is 14.1. The number of aliphatic hydroxyl groups excluding tert-OH is 1. The Hall–Kier alpha value is -1.29. The molecule has 1 aromatic rings. The number of hydrogen-bond acceptors (Lipinski definition) is 3. The highest BCUT2D eigenvalue weighted by molar-refractivity contribution is 5.93. The zero-order valence-corrected chi connectivity index (χ0v) is 12.0. The van der Waals surface area contributed by atoms with Gasteiger partial charge in [0.1, 0.15) is 0 Å². The molecule has 1 amide bonds. The van der Waals surface area contributed by atoms with Crippen molar-refractivity contribution in [2.45, 2.75) is 57.6 Å². The first-order valence-corrected chi connectivity index (χ1v) is 7.71. The van der Waals surface area contributed by atoms with E-state index in [0.29, 0.717) is 5.76 Å². The number of aryl methyl sites for hydroxylation is 1. The first kappa shape index (κ1) is 13.7. The van der Waals surface area contributed by atoms with Gasteiger partial charge in [0.25, 0.3) is 5.91 Å². The van der Waals surface area contributed by atoms with Gasteiger partial charge >= 0.3 is 0 Å². The molecule has 20 heavy (non-hydrogen) atoms. The second-order valence-corrected chi connectivity index (χ2v) is 6.16. The maximum absolute atomic E-state index is 12.6. The molecule has 0 aromatic carbocycles. The summed E-state index contributed by atoms with van der Waals surface area (Å²) in [6.07, 6.45) is 7.54. The van der Waals surface area contributed by atoms with E-state index in [0.717, 1.165) is 44.2 Å². The van der Waals surface area contributed by atoms with E-state index >= 15 is 0 Å². The molecule has 1 saturated carbocycles. The summed E-state index contributed by atoms with van der Waals surface area (Å²) < 4.78 is 5.35. The van der Waals surface area contributed by atoms with Crippen LogP contribution < -0.4 is 0 Å². The van der Waals surface area contributed by atoms with Crippen molar-refractivity contribution in [1.82, 2.24) is 4.90 Å². The van der Waals surface area contributed by atoms with Gasteiger partial charge in [-0.2, -0.15) is 0 Å². The van der Waals surface area contributed by atoms with Gasteiger partial charge in [0, 0.05) is 24.1 Å².